The molecule has 0 aromatic rings. The Morgan fingerprint density at radius 1 is 1.70 bits per heavy atom. The fraction of sp³-hybridized carbons (Fsp3) is 0.500. The topological polar surface area (TPSA) is 36.8 Å². The first kappa shape index (κ1) is 7.35. The molecule has 2 aliphatic rings. The third-order valence-corrected chi connectivity index (χ3v) is 3.86. The van der Waals surface area contributed by atoms with E-state index in [0.29, 0.717) is 5.37 Å². The molecule has 0 aliphatic carbocycles. The van der Waals surface area contributed by atoms with E-state index in [0.717, 1.165) is 7.67 Å². The normalized spacial score (nSPS) is 36.6. The molecule has 2 heterocycles. The summed E-state index contributed by atoms with van der Waals surface area (Å²) in [5.74, 6) is 0. The summed E-state index contributed by atoms with van der Waals surface area (Å²) in [5, 5.41) is 4.39. The lowest BCUT2D eigenvalue weighted by Crippen LogP contribution is -2.24. The Bertz CT molecular complexity index is 229. The molecular formula is C4H3BrIN3S. The number of hydrogen-bond donors (Lipinski definition) is 1. The standard InChI is InChI=1S/C4H3BrIN3S/c5-4-7-1-2(6)8-9-3(1)10-4/h1,3,9H. The number of aliphatic imine (C=N–C) groups is 1. The van der Waals surface area contributed by atoms with E-state index in [1.807, 2.05) is 0 Å². The molecule has 0 amide bonds. The second kappa shape index (κ2) is 2.63. The van der Waals surface area contributed by atoms with E-state index in [1.54, 1.807) is 11.8 Å². The monoisotopic (exact) mass is 331 g/mol. The number of rotatable bonds is 0. The van der Waals surface area contributed by atoms with E-state index >= 15 is 0 Å². The van der Waals surface area contributed by atoms with Crippen LogP contribution in [0.4, 0.5) is 0 Å². The lowest BCUT2D eigenvalue weighted by Gasteiger charge is -2.03. The Morgan fingerprint density at radius 3 is 3.20 bits per heavy atom. The highest BCUT2D eigenvalue weighted by atomic mass is 127. The van der Waals surface area contributed by atoms with Gasteiger partial charge in [-0.3, -0.25) is 10.4 Å². The highest BCUT2D eigenvalue weighted by Crippen LogP contribution is 2.32. The molecule has 0 aromatic carbocycles. The Labute approximate surface area is 84.4 Å². The molecule has 1 N–H and O–H groups in total. The van der Waals surface area contributed by atoms with Crippen LogP contribution in [0.2, 0.25) is 0 Å². The van der Waals surface area contributed by atoms with Gasteiger partial charge in [-0.15, -0.1) is 0 Å². The van der Waals surface area contributed by atoms with Gasteiger partial charge in [-0.1, -0.05) is 11.8 Å². The Kier molecular flexibility index (Phi) is 1.94. The van der Waals surface area contributed by atoms with Crippen molar-refractivity contribution in [2.75, 3.05) is 0 Å². The van der Waals surface area contributed by atoms with Crippen LogP contribution < -0.4 is 5.43 Å². The van der Waals surface area contributed by atoms with Crippen LogP contribution in [0, 0.1) is 0 Å². The zero-order valence-electron chi connectivity index (χ0n) is 4.71. The van der Waals surface area contributed by atoms with Gasteiger partial charge in [-0.25, -0.2) is 0 Å². The number of nitrogens with one attached hydrogen (secondary N) is 1. The first-order valence-electron chi connectivity index (χ1n) is 2.66. The molecule has 0 saturated carbocycles. The van der Waals surface area contributed by atoms with Gasteiger partial charge in [0.1, 0.15) is 19.1 Å². The number of nitrogens with zero attached hydrogens (tertiary/aromatic N) is 2. The first-order chi connectivity index (χ1) is 4.77. The zero-order valence-corrected chi connectivity index (χ0v) is 9.27. The zero-order chi connectivity index (χ0) is 7.14. The SMILES string of the molecule is BrC1=NC2C(I)=NNC2S1. The van der Waals surface area contributed by atoms with Crippen LogP contribution in [0.15, 0.2) is 10.1 Å². The minimum absolute atomic E-state index is 0.250. The van der Waals surface area contributed by atoms with E-state index in [9.17, 15) is 0 Å². The first-order valence-corrected chi connectivity index (χ1v) is 5.41. The van der Waals surface area contributed by atoms with Crippen LogP contribution in [-0.4, -0.2) is 19.1 Å². The molecule has 0 bridgehead atoms. The summed E-state index contributed by atoms with van der Waals surface area (Å²) in [6, 6.07) is 0.250. The highest BCUT2D eigenvalue weighted by Gasteiger charge is 2.36. The van der Waals surface area contributed by atoms with Crippen molar-refractivity contribution in [2.45, 2.75) is 11.4 Å². The van der Waals surface area contributed by atoms with Crippen LogP contribution >= 0.6 is 50.3 Å². The van der Waals surface area contributed by atoms with Gasteiger partial charge in [0, 0.05) is 0 Å². The minimum atomic E-state index is 0.250. The molecule has 0 saturated heterocycles. The van der Waals surface area contributed by atoms with Crippen LogP contribution in [-0.2, 0) is 0 Å². The smallest absolute Gasteiger partial charge is 0.137 e. The number of hydrazone groups is 1. The van der Waals surface area contributed by atoms with Gasteiger partial charge in [-0.05, 0) is 38.5 Å². The van der Waals surface area contributed by atoms with Crippen LogP contribution in [0.5, 0.6) is 0 Å². The second-order valence-corrected chi connectivity index (χ2v) is 5.44. The summed E-state index contributed by atoms with van der Waals surface area (Å²) < 4.78 is 2.02. The largest absolute Gasteiger partial charge is 0.293 e. The van der Waals surface area contributed by atoms with E-state index in [-0.39, 0.29) is 6.04 Å². The Balaban J connectivity index is 2.25. The summed E-state index contributed by atoms with van der Waals surface area (Å²) in [7, 11) is 0. The summed E-state index contributed by atoms with van der Waals surface area (Å²) in [6.45, 7) is 0. The fourth-order valence-electron chi connectivity index (χ4n) is 0.843. The fourth-order valence-corrected chi connectivity index (χ4v) is 3.36. The van der Waals surface area contributed by atoms with Gasteiger partial charge < -0.3 is 0 Å². The lowest BCUT2D eigenvalue weighted by atomic mass is 10.4. The second-order valence-electron chi connectivity index (χ2n) is 1.93. The summed E-state index contributed by atoms with van der Waals surface area (Å²) in [4.78, 5) is 4.33. The number of hydrogen-bond acceptors (Lipinski definition) is 4. The minimum Gasteiger partial charge on any atom is -0.293 e. The van der Waals surface area contributed by atoms with Crippen molar-refractivity contribution in [3.8, 4) is 0 Å². The predicted molar refractivity (Wildman–Crippen MR) is 56.1 cm³/mol. The Hall–Kier alpha value is 0.700. The van der Waals surface area contributed by atoms with Gasteiger partial charge in [0.05, 0.1) is 0 Å². The molecule has 0 spiro atoms. The number of fused-ring (bicyclic) bond motifs is 1. The van der Waals surface area contributed by atoms with Gasteiger partial charge in [0.2, 0.25) is 0 Å². The summed E-state index contributed by atoms with van der Waals surface area (Å²) in [5.41, 5.74) is 3.00. The van der Waals surface area contributed by atoms with E-state index in [4.69, 9.17) is 0 Å². The van der Waals surface area contributed by atoms with Crippen molar-refractivity contribution in [3.63, 3.8) is 0 Å². The van der Waals surface area contributed by atoms with E-state index in [2.05, 4.69) is 54.0 Å². The van der Waals surface area contributed by atoms with Crippen LogP contribution in [0.3, 0.4) is 0 Å². The maximum atomic E-state index is 4.33. The predicted octanol–water partition coefficient (Wildman–Crippen LogP) is 1.53. The molecule has 0 fully saturated rings. The molecule has 2 unspecified atom stereocenters. The molecule has 0 radical (unpaired) electrons. The maximum Gasteiger partial charge on any atom is 0.137 e. The van der Waals surface area contributed by atoms with Crippen LogP contribution in [0.1, 0.15) is 0 Å². The number of thioether (sulfide) groups is 1. The van der Waals surface area contributed by atoms with Crippen molar-refractivity contribution in [1.82, 2.24) is 5.43 Å². The van der Waals surface area contributed by atoms with Crippen molar-refractivity contribution < 1.29 is 0 Å². The molecule has 6 heteroatoms. The van der Waals surface area contributed by atoms with Crippen molar-refractivity contribution in [2.24, 2.45) is 10.1 Å². The molecule has 0 aromatic heterocycles. The third-order valence-electron chi connectivity index (χ3n) is 1.29. The third kappa shape index (κ3) is 1.10. The van der Waals surface area contributed by atoms with Crippen molar-refractivity contribution >= 4 is 58.0 Å². The molecule has 2 aliphatic heterocycles. The molecule has 10 heavy (non-hydrogen) atoms. The molecule has 3 nitrogen and oxygen atoms in total. The average molecular weight is 332 g/mol. The van der Waals surface area contributed by atoms with Gasteiger partial charge in [0.25, 0.3) is 0 Å². The van der Waals surface area contributed by atoms with Gasteiger partial charge in [-0.2, -0.15) is 5.10 Å². The van der Waals surface area contributed by atoms with Crippen molar-refractivity contribution in [3.05, 3.63) is 0 Å². The lowest BCUT2D eigenvalue weighted by molar-refractivity contribution is 0.717. The molecular weight excluding hydrogens is 329 g/mol. The Morgan fingerprint density at radius 2 is 2.50 bits per heavy atom. The molecule has 54 valence electrons. The molecule has 2 rings (SSSR count). The highest BCUT2D eigenvalue weighted by molar-refractivity contribution is 14.1. The van der Waals surface area contributed by atoms with E-state index < -0.39 is 0 Å². The van der Waals surface area contributed by atoms with E-state index in [1.165, 1.54) is 0 Å². The van der Waals surface area contributed by atoms with Gasteiger partial charge >= 0.3 is 0 Å². The maximum absolute atomic E-state index is 4.33. The summed E-state index contributed by atoms with van der Waals surface area (Å²) >= 11 is 7.22. The quantitative estimate of drug-likeness (QED) is 0.683. The van der Waals surface area contributed by atoms with Crippen LogP contribution in [0.25, 0.3) is 0 Å². The number of halogens is 2. The molecule has 2 atom stereocenters. The van der Waals surface area contributed by atoms with Crippen molar-refractivity contribution in [1.29, 1.82) is 0 Å². The van der Waals surface area contributed by atoms with Gasteiger partial charge in [0.15, 0.2) is 0 Å². The summed E-state index contributed by atoms with van der Waals surface area (Å²) in [6.07, 6.45) is 0. The average Bonchev–Trinajstić information content (AvgIpc) is 2.35.